The second-order valence-electron chi connectivity index (χ2n) is 6.83. The number of pyridine rings is 1. The molecule has 3 rings (SSSR count). The minimum absolute atomic E-state index is 0.0730. The third kappa shape index (κ3) is 5.16. The molecule has 2 aromatic heterocycles. The van der Waals surface area contributed by atoms with E-state index < -0.39 is 0 Å². The molecule has 0 saturated carbocycles. The first-order valence-corrected chi connectivity index (χ1v) is 9.92. The molecule has 5 heteroatoms. The van der Waals surface area contributed by atoms with Crippen molar-refractivity contribution in [2.45, 2.75) is 52.0 Å². The molecule has 0 fully saturated rings. The molecule has 1 aromatic carbocycles. The van der Waals surface area contributed by atoms with Gasteiger partial charge in [0.25, 0.3) is 5.91 Å². The lowest BCUT2D eigenvalue weighted by Gasteiger charge is -2.10. The van der Waals surface area contributed by atoms with Crippen molar-refractivity contribution in [3.63, 3.8) is 0 Å². The number of aromatic nitrogens is 3. The topological polar surface area (TPSA) is 59.8 Å². The van der Waals surface area contributed by atoms with E-state index in [1.165, 1.54) is 31.2 Å². The highest BCUT2D eigenvalue weighted by molar-refractivity contribution is 5.93. The number of benzene rings is 1. The number of unbranched alkanes of at least 4 members (excludes halogenated alkanes) is 3. The summed E-state index contributed by atoms with van der Waals surface area (Å²) in [5.74, 6) is 1.04. The van der Waals surface area contributed by atoms with Crippen LogP contribution in [0.25, 0.3) is 11.0 Å². The van der Waals surface area contributed by atoms with Gasteiger partial charge >= 0.3 is 0 Å². The highest BCUT2D eigenvalue weighted by atomic mass is 16.1. The Morgan fingerprint density at radius 2 is 1.96 bits per heavy atom. The summed E-state index contributed by atoms with van der Waals surface area (Å²) in [7, 11) is 0. The van der Waals surface area contributed by atoms with Gasteiger partial charge in [0.15, 0.2) is 0 Å². The molecular formula is C22H28N4O. The van der Waals surface area contributed by atoms with Crippen molar-refractivity contribution in [2.24, 2.45) is 0 Å². The van der Waals surface area contributed by atoms with Crippen LogP contribution in [-0.4, -0.2) is 27.0 Å². The largest absolute Gasteiger partial charge is 0.352 e. The molecule has 0 aliphatic rings. The fourth-order valence-electron chi connectivity index (χ4n) is 3.31. The number of hydrogen-bond donors (Lipinski definition) is 1. The molecule has 142 valence electrons. The number of aryl methyl sites for hydroxylation is 2. The van der Waals surface area contributed by atoms with Crippen LogP contribution in [0.5, 0.6) is 0 Å². The molecule has 1 N–H and O–H groups in total. The first-order chi connectivity index (χ1) is 13.3. The number of carbonyl (C=O) groups is 1. The summed E-state index contributed by atoms with van der Waals surface area (Å²) in [5.41, 5.74) is 2.87. The summed E-state index contributed by atoms with van der Waals surface area (Å²) >= 11 is 0. The maximum Gasteiger partial charge on any atom is 0.252 e. The van der Waals surface area contributed by atoms with Crippen LogP contribution in [0.2, 0.25) is 0 Å². The predicted molar refractivity (Wildman–Crippen MR) is 109 cm³/mol. The van der Waals surface area contributed by atoms with Gasteiger partial charge in [-0.1, -0.05) is 38.3 Å². The van der Waals surface area contributed by atoms with Crippen LogP contribution >= 0.6 is 0 Å². The second-order valence-corrected chi connectivity index (χ2v) is 6.83. The molecule has 0 aliphatic carbocycles. The number of nitrogens with zero attached hydrogens (tertiary/aromatic N) is 3. The van der Waals surface area contributed by atoms with Crippen LogP contribution < -0.4 is 5.32 Å². The molecule has 0 bridgehead atoms. The van der Waals surface area contributed by atoms with E-state index in [0.29, 0.717) is 12.1 Å². The van der Waals surface area contributed by atoms with Gasteiger partial charge in [-0.3, -0.25) is 9.78 Å². The molecule has 3 aromatic rings. The van der Waals surface area contributed by atoms with Crippen molar-refractivity contribution in [3.8, 4) is 0 Å². The Morgan fingerprint density at radius 3 is 2.78 bits per heavy atom. The Kier molecular flexibility index (Phi) is 6.97. The average molecular weight is 364 g/mol. The summed E-state index contributed by atoms with van der Waals surface area (Å²) in [4.78, 5) is 20.9. The summed E-state index contributed by atoms with van der Waals surface area (Å²) in [5, 5.41) is 2.97. The maximum atomic E-state index is 12.1. The van der Waals surface area contributed by atoms with Gasteiger partial charge in [0.05, 0.1) is 16.6 Å². The third-order valence-corrected chi connectivity index (χ3v) is 4.76. The van der Waals surface area contributed by atoms with E-state index in [1.807, 2.05) is 6.07 Å². The Balaban J connectivity index is 1.58. The molecule has 0 aliphatic heterocycles. The predicted octanol–water partition coefficient (Wildman–Crippen LogP) is 4.37. The van der Waals surface area contributed by atoms with E-state index in [-0.39, 0.29) is 5.91 Å². The summed E-state index contributed by atoms with van der Waals surface area (Å²) < 4.78 is 2.36. The number of hydrogen-bond acceptors (Lipinski definition) is 3. The maximum absolute atomic E-state index is 12.1. The Morgan fingerprint density at radius 1 is 1.07 bits per heavy atom. The lowest BCUT2D eigenvalue weighted by Crippen LogP contribution is -2.25. The van der Waals surface area contributed by atoms with Crippen molar-refractivity contribution in [1.29, 1.82) is 0 Å². The van der Waals surface area contributed by atoms with E-state index in [1.54, 1.807) is 24.5 Å². The van der Waals surface area contributed by atoms with Crippen LogP contribution in [-0.2, 0) is 13.0 Å². The van der Waals surface area contributed by atoms with Gasteiger partial charge in [0.2, 0.25) is 0 Å². The first-order valence-electron chi connectivity index (χ1n) is 9.92. The van der Waals surface area contributed by atoms with Crippen molar-refractivity contribution >= 4 is 16.9 Å². The number of para-hydroxylation sites is 2. The van der Waals surface area contributed by atoms with Gasteiger partial charge in [-0.05, 0) is 37.1 Å². The molecule has 0 saturated heterocycles. The summed E-state index contributed by atoms with van der Waals surface area (Å²) in [6.07, 6.45) is 9.94. The number of nitrogens with one attached hydrogen (secondary N) is 1. The van der Waals surface area contributed by atoms with E-state index in [2.05, 4.69) is 40.0 Å². The molecule has 0 spiro atoms. The van der Waals surface area contributed by atoms with Crippen molar-refractivity contribution in [3.05, 3.63) is 60.2 Å². The van der Waals surface area contributed by atoms with Gasteiger partial charge in [-0.15, -0.1) is 0 Å². The lowest BCUT2D eigenvalue weighted by atomic mass is 10.2. The standard InChI is InChI=1S/C22H28N4O/c1-2-3-4-7-16-26-20-12-6-5-11-19(20)25-21(26)13-9-15-24-22(27)18-10-8-14-23-17-18/h5-6,8,10-12,14,17H,2-4,7,9,13,15-16H2,1H3,(H,24,27). The fourth-order valence-corrected chi connectivity index (χ4v) is 3.31. The normalized spacial score (nSPS) is 11.0. The van der Waals surface area contributed by atoms with Crippen LogP contribution in [0.4, 0.5) is 0 Å². The van der Waals surface area contributed by atoms with Gasteiger partial charge < -0.3 is 9.88 Å². The lowest BCUT2D eigenvalue weighted by molar-refractivity contribution is 0.0953. The molecule has 27 heavy (non-hydrogen) atoms. The second kappa shape index (κ2) is 9.86. The van der Waals surface area contributed by atoms with Crippen molar-refractivity contribution in [2.75, 3.05) is 6.54 Å². The van der Waals surface area contributed by atoms with Crippen molar-refractivity contribution < 1.29 is 4.79 Å². The van der Waals surface area contributed by atoms with E-state index in [9.17, 15) is 4.79 Å². The minimum Gasteiger partial charge on any atom is -0.352 e. The quantitative estimate of drug-likeness (QED) is 0.543. The highest BCUT2D eigenvalue weighted by Gasteiger charge is 2.10. The molecule has 5 nitrogen and oxygen atoms in total. The van der Waals surface area contributed by atoms with Crippen molar-refractivity contribution in [1.82, 2.24) is 19.9 Å². The molecule has 1 amide bonds. The summed E-state index contributed by atoms with van der Waals surface area (Å²) in [6, 6.07) is 11.9. The Hall–Kier alpha value is -2.69. The van der Waals surface area contributed by atoms with Gasteiger partial charge in [0.1, 0.15) is 5.82 Å². The summed E-state index contributed by atoms with van der Waals surface area (Å²) in [6.45, 7) is 3.88. The number of fused-ring (bicyclic) bond motifs is 1. The third-order valence-electron chi connectivity index (χ3n) is 4.76. The van der Waals surface area contributed by atoms with Gasteiger partial charge in [-0.2, -0.15) is 0 Å². The molecule has 2 heterocycles. The SMILES string of the molecule is CCCCCCn1c(CCCNC(=O)c2cccnc2)nc2ccccc21. The Labute approximate surface area is 160 Å². The first kappa shape index (κ1) is 19.1. The van der Waals surface area contributed by atoms with Crippen LogP contribution in [0.15, 0.2) is 48.8 Å². The van der Waals surface area contributed by atoms with E-state index in [4.69, 9.17) is 4.98 Å². The van der Waals surface area contributed by atoms with Crippen LogP contribution in [0, 0.1) is 0 Å². The zero-order valence-electron chi connectivity index (χ0n) is 16.0. The van der Waals surface area contributed by atoms with Crippen LogP contribution in [0.3, 0.4) is 0 Å². The van der Waals surface area contributed by atoms with Gasteiger partial charge in [-0.25, -0.2) is 4.98 Å². The number of carbonyl (C=O) groups excluding carboxylic acids is 1. The zero-order valence-corrected chi connectivity index (χ0v) is 16.0. The minimum atomic E-state index is -0.0730. The average Bonchev–Trinajstić information content (AvgIpc) is 3.06. The van der Waals surface area contributed by atoms with Gasteiger partial charge in [0, 0.05) is 31.9 Å². The molecule has 0 unspecified atom stereocenters. The monoisotopic (exact) mass is 364 g/mol. The molecule has 0 radical (unpaired) electrons. The number of amides is 1. The zero-order chi connectivity index (χ0) is 18.9. The molecule has 0 atom stereocenters. The molecular weight excluding hydrogens is 336 g/mol. The smallest absolute Gasteiger partial charge is 0.252 e. The Bertz CT molecular complexity index is 857. The number of imidazole rings is 1. The van der Waals surface area contributed by atoms with Crippen LogP contribution in [0.1, 0.15) is 55.2 Å². The highest BCUT2D eigenvalue weighted by Crippen LogP contribution is 2.18. The van der Waals surface area contributed by atoms with E-state index >= 15 is 0 Å². The van der Waals surface area contributed by atoms with E-state index in [0.717, 1.165) is 30.7 Å². The number of rotatable bonds is 10. The fraction of sp³-hybridized carbons (Fsp3) is 0.409.